The van der Waals surface area contributed by atoms with Crippen LogP contribution in [0.2, 0.25) is 0 Å². The van der Waals surface area contributed by atoms with E-state index in [-0.39, 0.29) is 11.6 Å². The number of rotatable bonds is 8. The van der Waals surface area contributed by atoms with Gasteiger partial charge in [0, 0.05) is 56.1 Å². The van der Waals surface area contributed by atoms with Crippen LogP contribution < -0.4 is 10.2 Å². The first-order valence-electron chi connectivity index (χ1n) is 9.68. The second kappa shape index (κ2) is 9.85. The van der Waals surface area contributed by atoms with Crippen molar-refractivity contribution in [2.45, 2.75) is 12.8 Å². The Morgan fingerprint density at radius 1 is 0.964 bits per heavy atom. The molecule has 1 amide bonds. The number of hydrogen-bond acceptors (Lipinski definition) is 5. The summed E-state index contributed by atoms with van der Waals surface area (Å²) in [7, 11) is 0. The van der Waals surface area contributed by atoms with Crippen molar-refractivity contribution in [2.75, 3.05) is 44.2 Å². The number of carbonyl (C=O) groups is 1. The zero-order chi connectivity index (χ0) is 19.8. The van der Waals surface area contributed by atoms with E-state index < -0.39 is 4.92 Å². The van der Waals surface area contributed by atoms with Crippen LogP contribution in [0.5, 0.6) is 0 Å². The maximum absolute atomic E-state index is 12.1. The average molecular weight is 382 g/mol. The lowest BCUT2D eigenvalue weighted by Crippen LogP contribution is -2.46. The van der Waals surface area contributed by atoms with Gasteiger partial charge in [0.1, 0.15) is 0 Å². The van der Waals surface area contributed by atoms with Crippen LogP contribution in [-0.2, 0) is 0 Å². The van der Waals surface area contributed by atoms with Crippen LogP contribution in [0.1, 0.15) is 23.2 Å². The van der Waals surface area contributed by atoms with Crippen molar-refractivity contribution in [3.05, 3.63) is 70.3 Å². The number of hydrogen-bond donors (Lipinski definition) is 1. The van der Waals surface area contributed by atoms with Gasteiger partial charge in [-0.3, -0.25) is 19.8 Å². The van der Waals surface area contributed by atoms with Gasteiger partial charge in [-0.15, -0.1) is 0 Å². The van der Waals surface area contributed by atoms with Crippen LogP contribution in [-0.4, -0.2) is 55.0 Å². The number of unbranched alkanes of at least 4 members (excludes halogenated alkanes) is 1. The number of anilines is 1. The van der Waals surface area contributed by atoms with Crippen molar-refractivity contribution in [2.24, 2.45) is 0 Å². The van der Waals surface area contributed by atoms with Crippen molar-refractivity contribution in [1.82, 2.24) is 10.2 Å². The number of amides is 1. The van der Waals surface area contributed by atoms with E-state index in [0.29, 0.717) is 12.1 Å². The number of para-hydroxylation sites is 1. The second-order valence-electron chi connectivity index (χ2n) is 6.93. The molecule has 0 radical (unpaired) electrons. The molecule has 0 aliphatic carbocycles. The summed E-state index contributed by atoms with van der Waals surface area (Å²) in [6.45, 7) is 5.85. The number of benzene rings is 2. The van der Waals surface area contributed by atoms with Gasteiger partial charge in [0.25, 0.3) is 11.6 Å². The summed E-state index contributed by atoms with van der Waals surface area (Å²) in [6.07, 6.45) is 1.95. The molecule has 1 fully saturated rings. The maximum Gasteiger partial charge on any atom is 0.269 e. The standard InChI is InChI=1S/C21H26N4O3/c26-21(18-8-10-20(11-9-18)25(27)28)22-12-4-5-13-23-14-16-24(17-15-23)19-6-2-1-3-7-19/h1-3,6-11H,4-5,12-17H2,(H,22,26). The fourth-order valence-corrected chi connectivity index (χ4v) is 3.37. The summed E-state index contributed by atoms with van der Waals surface area (Å²) in [5, 5.41) is 13.5. The Hall–Kier alpha value is -2.93. The van der Waals surface area contributed by atoms with Gasteiger partial charge >= 0.3 is 0 Å². The molecule has 0 spiro atoms. The summed E-state index contributed by atoms with van der Waals surface area (Å²) in [5.74, 6) is -0.189. The van der Waals surface area contributed by atoms with E-state index in [9.17, 15) is 14.9 Å². The predicted octanol–water partition coefficient (Wildman–Crippen LogP) is 2.93. The van der Waals surface area contributed by atoms with Gasteiger partial charge in [-0.2, -0.15) is 0 Å². The summed E-state index contributed by atoms with van der Waals surface area (Å²) >= 11 is 0. The van der Waals surface area contributed by atoms with Gasteiger partial charge in [-0.1, -0.05) is 18.2 Å². The molecule has 0 bridgehead atoms. The molecule has 148 valence electrons. The van der Waals surface area contributed by atoms with E-state index in [0.717, 1.165) is 45.6 Å². The third-order valence-corrected chi connectivity index (χ3v) is 5.02. The molecule has 7 heteroatoms. The van der Waals surface area contributed by atoms with Crippen LogP contribution in [0.15, 0.2) is 54.6 Å². The largest absolute Gasteiger partial charge is 0.369 e. The lowest BCUT2D eigenvalue weighted by molar-refractivity contribution is -0.384. The first-order chi connectivity index (χ1) is 13.6. The molecule has 7 nitrogen and oxygen atoms in total. The summed E-state index contributed by atoms with van der Waals surface area (Å²) in [6, 6.07) is 16.2. The SMILES string of the molecule is O=C(NCCCCN1CCN(c2ccccc2)CC1)c1ccc([N+](=O)[O-])cc1. The molecular formula is C21H26N4O3. The average Bonchev–Trinajstić information content (AvgIpc) is 2.74. The Morgan fingerprint density at radius 3 is 2.29 bits per heavy atom. The summed E-state index contributed by atoms with van der Waals surface area (Å²) in [4.78, 5) is 27.1. The zero-order valence-electron chi connectivity index (χ0n) is 15.9. The van der Waals surface area contributed by atoms with Crippen LogP contribution in [0.4, 0.5) is 11.4 Å². The van der Waals surface area contributed by atoms with E-state index in [1.54, 1.807) is 0 Å². The van der Waals surface area contributed by atoms with Crippen molar-refractivity contribution in [3.8, 4) is 0 Å². The van der Waals surface area contributed by atoms with E-state index in [4.69, 9.17) is 0 Å². The Bertz CT molecular complexity index is 772. The molecule has 1 N–H and O–H groups in total. The molecule has 1 aliphatic rings. The molecule has 0 saturated carbocycles. The lowest BCUT2D eigenvalue weighted by Gasteiger charge is -2.36. The minimum Gasteiger partial charge on any atom is -0.369 e. The van der Waals surface area contributed by atoms with Crippen molar-refractivity contribution < 1.29 is 9.72 Å². The molecule has 2 aromatic rings. The van der Waals surface area contributed by atoms with E-state index >= 15 is 0 Å². The minimum absolute atomic E-state index is 0.0103. The number of nitro groups is 1. The molecular weight excluding hydrogens is 356 g/mol. The van der Waals surface area contributed by atoms with Crippen molar-refractivity contribution in [1.29, 1.82) is 0 Å². The number of non-ortho nitro benzene ring substituents is 1. The molecule has 1 heterocycles. The summed E-state index contributed by atoms with van der Waals surface area (Å²) < 4.78 is 0. The quantitative estimate of drug-likeness (QED) is 0.431. The predicted molar refractivity (Wildman–Crippen MR) is 110 cm³/mol. The van der Waals surface area contributed by atoms with Crippen molar-refractivity contribution in [3.63, 3.8) is 0 Å². The molecule has 2 aromatic carbocycles. The van der Waals surface area contributed by atoms with E-state index in [1.165, 1.54) is 30.0 Å². The van der Waals surface area contributed by atoms with Gasteiger partial charge in [0.15, 0.2) is 0 Å². The number of piperazine rings is 1. The van der Waals surface area contributed by atoms with Crippen LogP contribution >= 0.6 is 0 Å². The van der Waals surface area contributed by atoms with Gasteiger partial charge < -0.3 is 10.2 Å². The fraction of sp³-hybridized carbons (Fsp3) is 0.381. The lowest BCUT2D eigenvalue weighted by atomic mass is 10.2. The second-order valence-corrected chi connectivity index (χ2v) is 6.93. The first kappa shape index (κ1) is 19.8. The number of nitrogens with one attached hydrogen (secondary N) is 1. The highest BCUT2D eigenvalue weighted by Crippen LogP contribution is 2.15. The highest BCUT2D eigenvalue weighted by molar-refractivity contribution is 5.94. The normalized spacial score (nSPS) is 14.6. The summed E-state index contributed by atoms with van der Waals surface area (Å²) in [5.41, 5.74) is 1.72. The zero-order valence-corrected chi connectivity index (χ0v) is 15.9. The highest BCUT2D eigenvalue weighted by Gasteiger charge is 2.16. The maximum atomic E-state index is 12.1. The van der Waals surface area contributed by atoms with E-state index in [1.807, 2.05) is 6.07 Å². The van der Waals surface area contributed by atoms with Gasteiger partial charge in [0.05, 0.1) is 4.92 Å². The molecule has 0 unspecified atom stereocenters. The van der Waals surface area contributed by atoms with Crippen LogP contribution in [0.3, 0.4) is 0 Å². The third-order valence-electron chi connectivity index (χ3n) is 5.02. The Labute approximate surface area is 165 Å². The molecule has 0 atom stereocenters. The molecule has 28 heavy (non-hydrogen) atoms. The molecule has 0 aromatic heterocycles. The Balaban J connectivity index is 1.30. The highest BCUT2D eigenvalue weighted by atomic mass is 16.6. The number of nitro benzene ring substituents is 1. The Morgan fingerprint density at radius 2 is 1.64 bits per heavy atom. The molecule has 1 aliphatic heterocycles. The monoisotopic (exact) mass is 382 g/mol. The van der Waals surface area contributed by atoms with Gasteiger partial charge in [0.2, 0.25) is 0 Å². The van der Waals surface area contributed by atoms with Gasteiger partial charge in [-0.25, -0.2) is 0 Å². The van der Waals surface area contributed by atoms with Gasteiger partial charge in [-0.05, 0) is 43.7 Å². The first-order valence-corrected chi connectivity index (χ1v) is 9.68. The third kappa shape index (κ3) is 5.53. The van der Waals surface area contributed by atoms with Crippen molar-refractivity contribution >= 4 is 17.3 Å². The molecule has 3 rings (SSSR count). The topological polar surface area (TPSA) is 78.7 Å². The smallest absolute Gasteiger partial charge is 0.269 e. The minimum atomic E-state index is -0.471. The molecule has 1 saturated heterocycles. The fourth-order valence-electron chi connectivity index (χ4n) is 3.37. The number of carbonyl (C=O) groups excluding carboxylic acids is 1. The van der Waals surface area contributed by atoms with Crippen LogP contribution in [0.25, 0.3) is 0 Å². The number of nitrogens with zero attached hydrogens (tertiary/aromatic N) is 3. The van der Waals surface area contributed by atoms with E-state index in [2.05, 4.69) is 39.4 Å². The Kier molecular flexibility index (Phi) is 6.97. The van der Waals surface area contributed by atoms with Crippen LogP contribution in [0, 0.1) is 10.1 Å².